The van der Waals surface area contributed by atoms with E-state index in [2.05, 4.69) is 9.97 Å². The van der Waals surface area contributed by atoms with Crippen molar-refractivity contribution in [2.24, 2.45) is 0 Å². The summed E-state index contributed by atoms with van der Waals surface area (Å²) in [5.41, 5.74) is -0.0604. The summed E-state index contributed by atoms with van der Waals surface area (Å²) in [4.78, 5) is 21.3. The Hall–Kier alpha value is -2.22. The number of rotatable bonds is 3. The maximum absolute atomic E-state index is 13.2. The summed E-state index contributed by atoms with van der Waals surface area (Å²) in [7, 11) is 0. The molecule has 0 fully saturated rings. The van der Waals surface area contributed by atoms with Gasteiger partial charge in [-0.05, 0) is 17.7 Å². The van der Waals surface area contributed by atoms with Gasteiger partial charge in [0.1, 0.15) is 11.6 Å². The van der Waals surface area contributed by atoms with Crippen LogP contribution in [0.1, 0.15) is 48.0 Å². The van der Waals surface area contributed by atoms with Crippen LogP contribution >= 0.6 is 0 Å². The van der Waals surface area contributed by atoms with Crippen molar-refractivity contribution in [3.05, 3.63) is 62.6 Å². The lowest BCUT2D eigenvalue weighted by atomic mass is 10.0. The summed E-state index contributed by atoms with van der Waals surface area (Å²) in [5, 5.41) is 0. The van der Waals surface area contributed by atoms with Crippen molar-refractivity contribution >= 4 is 0 Å². The van der Waals surface area contributed by atoms with Gasteiger partial charge in [0, 0.05) is 32.0 Å². The van der Waals surface area contributed by atoms with E-state index in [0.717, 1.165) is 12.1 Å². The molecule has 8 heteroatoms. The molecular formula is C18H19F4N3O. The Kier molecular flexibility index (Phi) is 4.88. The Morgan fingerprint density at radius 1 is 1.31 bits per heavy atom. The third kappa shape index (κ3) is 3.80. The molecule has 1 aliphatic heterocycles. The predicted octanol–water partition coefficient (Wildman–Crippen LogP) is 3.61. The van der Waals surface area contributed by atoms with Gasteiger partial charge in [0.05, 0.1) is 16.8 Å². The van der Waals surface area contributed by atoms with E-state index in [1.54, 1.807) is 4.90 Å². The van der Waals surface area contributed by atoms with Gasteiger partial charge < -0.3 is 4.98 Å². The van der Waals surface area contributed by atoms with E-state index in [9.17, 15) is 22.4 Å². The number of benzene rings is 1. The molecule has 140 valence electrons. The normalized spacial score (nSPS) is 15.3. The fourth-order valence-electron chi connectivity index (χ4n) is 3.10. The summed E-state index contributed by atoms with van der Waals surface area (Å²) in [6.07, 6.45) is -4.14. The molecule has 1 aliphatic rings. The quantitative estimate of drug-likeness (QED) is 0.841. The van der Waals surface area contributed by atoms with Gasteiger partial charge in [0.15, 0.2) is 0 Å². The second kappa shape index (κ2) is 6.83. The van der Waals surface area contributed by atoms with Gasteiger partial charge >= 0.3 is 6.18 Å². The molecule has 2 heterocycles. The first kappa shape index (κ1) is 18.6. The number of nitrogens with zero attached hydrogens (tertiary/aromatic N) is 2. The van der Waals surface area contributed by atoms with E-state index in [4.69, 9.17) is 0 Å². The van der Waals surface area contributed by atoms with E-state index >= 15 is 0 Å². The summed E-state index contributed by atoms with van der Waals surface area (Å²) in [6, 6.07) is 2.68. The molecule has 1 aromatic heterocycles. The van der Waals surface area contributed by atoms with Crippen LogP contribution in [0.15, 0.2) is 23.0 Å². The molecule has 4 nitrogen and oxygen atoms in total. The maximum atomic E-state index is 13.2. The van der Waals surface area contributed by atoms with Gasteiger partial charge in [-0.15, -0.1) is 0 Å². The fraction of sp³-hybridized carbons (Fsp3) is 0.444. The van der Waals surface area contributed by atoms with Crippen molar-refractivity contribution in [1.29, 1.82) is 0 Å². The average molecular weight is 369 g/mol. The monoisotopic (exact) mass is 369 g/mol. The van der Waals surface area contributed by atoms with Gasteiger partial charge in [-0.25, -0.2) is 9.37 Å². The number of aromatic amines is 1. The minimum atomic E-state index is -4.63. The standard InChI is InChI=1S/C18H19F4N3O/c1-10(2)16-23-15-5-6-25(9-13(15)17(26)24-16)8-11-3-4-12(19)7-14(11)18(20,21)22/h3-4,7,10H,5-6,8-9H2,1-2H3,(H,23,24,26). The van der Waals surface area contributed by atoms with Gasteiger partial charge in [0.25, 0.3) is 5.56 Å². The number of fused-ring (bicyclic) bond motifs is 1. The molecule has 1 aromatic carbocycles. The second-order valence-corrected chi connectivity index (χ2v) is 6.79. The first-order valence-corrected chi connectivity index (χ1v) is 8.35. The van der Waals surface area contributed by atoms with Gasteiger partial charge in [-0.2, -0.15) is 13.2 Å². The van der Waals surface area contributed by atoms with E-state index in [-0.39, 0.29) is 30.1 Å². The molecular weight excluding hydrogens is 350 g/mol. The highest BCUT2D eigenvalue weighted by Gasteiger charge is 2.34. The molecule has 0 unspecified atom stereocenters. The summed E-state index contributed by atoms with van der Waals surface area (Å²) in [5.74, 6) is -0.230. The molecule has 0 saturated carbocycles. The fourth-order valence-corrected chi connectivity index (χ4v) is 3.10. The van der Waals surface area contributed by atoms with Crippen LogP contribution in [0.2, 0.25) is 0 Å². The van der Waals surface area contributed by atoms with Crippen LogP contribution in [0, 0.1) is 5.82 Å². The summed E-state index contributed by atoms with van der Waals surface area (Å²) in [6.45, 7) is 4.53. The Morgan fingerprint density at radius 3 is 2.69 bits per heavy atom. The molecule has 1 N–H and O–H groups in total. The van der Waals surface area contributed by atoms with Crippen molar-refractivity contribution in [2.45, 2.75) is 45.5 Å². The Labute approximate surface area is 147 Å². The first-order chi connectivity index (χ1) is 12.1. The minimum absolute atomic E-state index is 0.00876. The van der Waals surface area contributed by atoms with Crippen molar-refractivity contribution in [3.63, 3.8) is 0 Å². The Balaban J connectivity index is 1.86. The van der Waals surface area contributed by atoms with Crippen LogP contribution in [0.5, 0.6) is 0 Å². The average Bonchev–Trinajstić information content (AvgIpc) is 2.56. The molecule has 0 atom stereocenters. The van der Waals surface area contributed by atoms with E-state index < -0.39 is 17.6 Å². The van der Waals surface area contributed by atoms with Crippen LogP contribution in [0.3, 0.4) is 0 Å². The number of alkyl halides is 3. The van der Waals surface area contributed by atoms with E-state index in [0.29, 0.717) is 36.1 Å². The molecule has 2 aromatic rings. The third-order valence-corrected chi connectivity index (χ3v) is 4.48. The molecule has 0 amide bonds. The lowest BCUT2D eigenvalue weighted by Gasteiger charge is -2.29. The molecule has 0 spiro atoms. The summed E-state index contributed by atoms with van der Waals surface area (Å²) >= 11 is 0. The number of halogens is 4. The van der Waals surface area contributed by atoms with E-state index in [1.165, 1.54) is 0 Å². The van der Waals surface area contributed by atoms with Crippen molar-refractivity contribution in [2.75, 3.05) is 6.54 Å². The largest absolute Gasteiger partial charge is 0.416 e. The van der Waals surface area contributed by atoms with Crippen LogP contribution in [0.4, 0.5) is 17.6 Å². The maximum Gasteiger partial charge on any atom is 0.416 e. The predicted molar refractivity (Wildman–Crippen MR) is 88.2 cm³/mol. The number of H-pyrrole nitrogens is 1. The molecule has 0 radical (unpaired) electrons. The SMILES string of the molecule is CC(C)c1nc2c(c(=O)[nH]1)CN(Cc1ccc(F)cc1C(F)(F)F)CC2. The van der Waals surface area contributed by atoms with Gasteiger partial charge in [-0.3, -0.25) is 9.69 Å². The van der Waals surface area contributed by atoms with Crippen LogP contribution in [-0.4, -0.2) is 21.4 Å². The second-order valence-electron chi connectivity index (χ2n) is 6.79. The van der Waals surface area contributed by atoms with Crippen molar-refractivity contribution in [3.8, 4) is 0 Å². The molecule has 0 aliphatic carbocycles. The highest BCUT2D eigenvalue weighted by Crippen LogP contribution is 2.33. The zero-order valence-electron chi connectivity index (χ0n) is 14.5. The van der Waals surface area contributed by atoms with Crippen molar-refractivity contribution in [1.82, 2.24) is 14.9 Å². The van der Waals surface area contributed by atoms with E-state index in [1.807, 2.05) is 13.8 Å². The van der Waals surface area contributed by atoms with Crippen molar-refractivity contribution < 1.29 is 17.6 Å². The topological polar surface area (TPSA) is 49.0 Å². The number of nitrogens with one attached hydrogen (secondary N) is 1. The van der Waals surface area contributed by atoms with Gasteiger partial charge in [-0.1, -0.05) is 19.9 Å². The third-order valence-electron chi connectivity index (χ3n) is 4.48. The van der Waals surface area contributed by atoms with Crippen LogP contribution < -0.4 is 5.56 Å². The smallest absolute Gasteiger partial charge is 0.310 e. The number of hydrogen-bond donors (Lipinski definition) is 1. The zero-order valence-corrected chi connectivity index (χ0v) is 14.5. The molecule has 26 heavy (non-hydrogen) atoms. The zero-order chi connectivity index (χ0) is 19.1. The summed E-state index contributed by atoms with van der Waals surface area (Å²) < 4.78 is 52.7. The lowest BCUT2D eigenvalue weighted by molar-refractivity contribution is -0.138. The van der Waals surface area contributed by atoms with Crippen LogP contribution in [-0.2, 0) is 25.7 Å². The highest BCUT2D eigenvalue weighted by molar-refractivity contribution is 5.31. The molecule has 0 bridgehead atoms. The van der Waals surface area contributed by atoms with Crippen LogP contribution in [0.25, 0.3) is 0 Å². The molecule has 0 saturated heterocycles. The van der Waals surface area contributed by atoms with Gasteiger partial charge in [0.2, 0.25) is 0 Å². The molecule has 3 rings (SSSR count). The highest BCUT2D eigenvalue weighted by atomic mass is 19.4. The Morgan fingerprint density at radius 2 is 2.04 bits per heavy atom. The lowest BCUT2D eigenvalue weighted by Crippen LogP contribution is -2.36. The minimum Gasteiger partial charge on any atom is -0.310 e. The Bertz CT molecular complexity index is 874. The number of aromatic nitrogens is 2. The first-order valence-electron chi connectivity index (χ1n) is 8.35. The number of hydrogen-bond acceptors (Lipinski definition) is 3.